The van der Waals surface area contributed by atoms with E-state index < -0.39 is 0 Å². The lowest BCUT2D eigenvalue weighted by Crippen LogP contribution is -2.32. The Labute approximate surface area is 158 Å². The molecule has 2 aromatic rings. The second kappa shape index (κ2) is 9.07. The van der Waals surface area contributed by atoms with E-state index in [-0.39, 0.29) is 11.2 Å². The Hall–Kier alpha value is -2.02. The SMILES string of the molecule is CCn1c(SC(C)C(=O)NCCC2=CCCCC2)nnc1-c1ccco1. The van der Waals surface area contributed by atoms with Gasteiger partial charge in [-0.15, -0.1) is 10.2 Å². The van der Waals surface area contributed by atoms with Gasteiger partial charge in [-0.25, -0.2) is 0 Å². The van der Waals surface area contributed by atoms with E-state index >= 15 is 0 Å². The first-order valence-corrected chi connectivity index (χ1v) is 10.2. The number of allylic oxidation sites excluding steroid dienone is 1. The maximum Gasteiger partial charge on any atom is 0.233 e. The van der Waals surface area contributed by atoms with Gasteiger partial charge in [-0.2, -0.15) is 0 Å². The molecule has 0 saturated carbocycles. The van der Waals surface area contributed by atoms with Crippen LogP contribution in [-0.4, -0.2) is 32.5 Å². The summed E-state index contributed by atoms with van der Waals surface area (Å²) in [5.41, 5.74) is 1.48. The Morgan fingerprint density at radius 3 is 3.00 bits per heavy atom. The molecular formula is C19H26N4O2S. The molecular weight excluding hydrogens is 348 g/mol. The molecule has 0 aromatic carbocycles. The normalized spacial score (nSPS) is 15.5. The first-order valence-electron chi connectivity index (χ1n) is 9.28. The molecule has 1 amide bonds. The van der Waals surface area contributed by atoms with Crippen LogP contribution in [0.4, 0.5) is 0 Å². The van der Waals surface area contributed by atoms with Gasteiger partial charge in [-0.1, -0.05) is 23.4 Å². The third-order valence-corrected chi connectivity index (χ3v) is 5.64. The summed E-state index contributed by atoms with van der Waals surface area (Å²) >= 11 is 1.43. The molecule has 3 rings (SSSR count). The van der Waals surface area contributed by atoms with Crippen LogP contribution in [0, 0.1) is 0 Å². The Kier molecular flexibility index (Phi) is 6.55. The summed E-state index contributed by atoms with van der Waals surface area (Å²) in [6, 6.07) is 3.69. The molecule has 26 heavy (non-hydrogen) atoms. The van der Waals surface area contributed by atoms with Crippen molar-refractivity contribution in [2.45, 2.75) is 62.9 Å². The Morgan fingerprint density at radius 1 is 1.42 bits per heavy atom. The molecule has 0 saturated heterocycles. The minimum absolute atomic E-state index is 0.0385. The van der Waals surface area contributed by atoms with Crippen LogP contribution in [0.15, 0.2) is 39.6 Å². The minimum Gasteiger partial charge on any atom is -0.461 e. The van der Waals surface area contributed by atoms with E-state index in [4.69, 9.17) is 4.42 Å². The topological polar surface area (TPSA) is 73.0 Å². The van der Waals surface area contributed by atoms with E-state index in [1.54, 1.807) is 6.26 Å². The summed E-state index contributed by atoms with van der Waals surface area (Å²) in [4.78, 5) is 12.4. The van der Waals surface area contributed by atoms with E-state index in [1.807, 2.05) is 30.5 Å². The van der Waals surface area contributed by atoms with Crippen molar-refractivity contribution in [2.24, 2.45) is 0 Å². The van der Waals surface area contributed by atoms with Crippen LogP contribution >= 0.6 is 11.8 Å². The van der Waals surface area contributed by atoms with E-state index in [0.29, 0.717) is 24.7 Å². The van der Waals surface area contributed by atoms with Crippen molar-refractivity contribution < 1.29 is 9.21 Å². The molecule has 1 aliphatic rings. The van der Waals surface area contributed by atoms with Crippen molar-refractivity contribution in [3.63, 3.8) is 0 Å². The van der Waals surface area contributed by atoms with Crippen molar-refractivity contribution in [2.75, 3.05) is 6.54 Å². The fourth-order valence-electron chi connectivity index (χ4n) is 3.08. The fraction of sp³-hybridized carbons (Fsp3) is 0.526. The van der Waals surface area contributed by atoms with Crippen molar-refractivity contribution in [1.82, 2.24) is 20.1 Å². The fourth-order valence-corrected chi connectivity index (χ4v) is 4.02. The molecule has 2 aromatic heterocycles. The molecule has 1 unspecified atom stereocenters. The van der Waals surface area contributed by atoms with Crippen molar-refractivity contribution in [3.05, 3.63) is 30.0 Å². The van der Waals surface area contributed by atoms with Gasteiger partial charge in [0.05, 0.1) is 11.5 Å². The van der Waals surface area contributed by atoms with E-state index in [9.17, 15) is 4.79 Å². The molecule has 0 spiro atoms. The third kappa shape index (κ3) is 4.58. The zero-order chi connectivity index (χ0) is 18.4. The number of nitrogens with one attached hydrogen (secondary N) is 1. The van der Waals surface area contributed by atoms with Crippen LogP contribution in [0.3, 0.4) is 0 Å². The highest BCUT2D eigenvalue weighted by Crippen LogP contribution is 2.27. The maximum atomic E-state index is 12.4. The molecule has 1 aliphatic carbocycles. The number of carbonyl (C=O) groups is 1. The number of carbonyl (C=O) groups excluding carboxylic acids is 1. The molecule has 0 fully saturated rings. The Bertz CT molecular complexity index is 752. The number of aromatic nitrogens is 3. The average Bonchev–Trinajstić information content (AvgIpc) is 3.31. The lowest BCUT2D eigenvalue weighted by atomic mass is 9.97. The Balaban J connectivity index is 1.54. The Morgan fingerprint density at radius 2 is 2.31 bits per heavy atom. The molecule has 0 aliphatic heterocycles. The van der Waals surface area contributed by atoms with Gasteiger partial charge < -0.3 is 9.73 Å². The molecule has 0 bridgehead atoms. The molecule has 6 nitrogen and oxygen atoms in total. The number of amides is 1. The lowest BCUT2D eigenvalue weighted by Gasteiger charge is -2.15. The van der Waals surface area contributed by atoms with Gasteiger partial charge >= 0.3 is 0 Å². The van der Waals surface area contributed by atoms with E-state index in [0.717, 1.165) is 11.6 Å². The van der Waals surface area contributed by atoms with Gasteiger partial charge in [0.25, 0.3) is 0 Å². The molecule has 0 radical (unpaired) electrons. The number of rotatable bonds is 8. The summed E-state index contributed by atoms with van der Waals surface area (Å²) in [5, 5.41) is 12.0. The molecule has 2 heterocycles. The van der Waals surface area contributed by atoms with Crippen LogP contribution < -0.4 is 5.32 Å². The van der Waals surface area contributed by atoms with Crippen LogP contribution in [-0.2, 0) is 11.3 Å². The number of hydrogen-bond acceptors (Lipinski definition) is 5. The second-order valence-electron chi connectivity index (χ2n) is 6.44. The highest BCUT2D eigenvalue weighted by Gasteiger charge is 2.21. The standard InChI is InChI=1S/C19H26N4O2S/c1-3-23-17(16-10-7-13-25-16)21-22-19(23)26-14(2)18(24)20-12-11-15-8-5-4-6-9-15/h7-8,10,13-14H,3-6,9,11-12H2,1-2H3,(H,20,24). The number of furan rings is 1. The maximum absolute atomic E-state index is 12.4. The quantitative estimate of drug-likeness (QED) is 0.557. The smallest absolute Gasteiger partial charge is 0.233 e. The van der Waals surface area contributed by atoms with Crippen molar-refractivity contribution >= 4 is 17.7 Å². The monoisotopic (exact) mass is 374 g/mol. The number of hydrogen-bond donors (Lipinski definition) is 1. The number of nitrogens with zero attached hydrogens (tertiary/aromatic N) is 3. The highest BCUT2D eigenvalue weighted by molar-refractivity contribution is 8.00. The van der Waals surface area contributed by atoms with Gasteiger partial charge in [0.15, 0.2) is 16.7 Å². The van der Waals surface area contributed by atoms with Gasteiger partial charge in [0.1, 0.15) is 0 Å². The summed E-state index contributed by atoms with van der Waals surface area (Å²) in [7, 11) is 0. The first kappa shape index (κ1) is 18.8. The molecule has 1 N–H and O–H groups in total. The molecule has 1 atom stereocenters. The first-order chi connectivity index (χ1) is 12.7. The molecule has 7 heteroatoms. The zero-order valence-electron chi connectivity index (χ0n) is 15.4. The predicted molar refractivity (Wildman–Crippen MR) is 103 cm³/mol. The lowest BCUT2D eigenvalue weighted by molar-refractivity contribution is -0.120. The summed E-state index contributed by atoms with van der Waals surface area (Å²) in [6.07, 6.45) is 9.83. The molecule has 140 valence electrons. The van der Waals surface area contributed by atoms with Gasteiger partial charge in [-0.05, 0) is 58.1 Å². The van der Waals surface area contributed by atoms with Crippen molar-refractivity contribution in [1.29, 1.82) is 0 Å². The summed E-state index contributed by atoms with van der Waals surface area (Å²) < 4.78 is 7.39. The van der Waals surface area contributed by atoms with E-state index in [1.165, 1.54) is 43.0 Å². The highest BCUT2D eigenvalue weighted by atomic mass is 32.2. The third-order valence-electron chi connectivity index (χ3n) is 4.56. The van der Waals surface area contributed by atoms with Crippen LogP contribution in [0.25, 0.3) is 11.6 Å². The van der Waals surface area contributed by atoms with Gasteiger partial charge in [-0.3, -0.25) is 9.36 Å². The van der Waals surface area contributed by atoms with Crippen LogP contribution in [0.2, 0.25) is 0 Å². The zero-order valence-corrected chi connectivity index (χ0v) is 16.2. The van der Waals surface area contributed by atoms with Gasteiger partial charge in [0, 0.05) is 13.1 Å². The summed E-state index contributed by atoms with van der Waals surface area (Å²) in [5.74, 6) is 1.41. The minimum atomic E-state index is -0.228. The van der Waals surface area contributed by atoms with Crippen LogP contribution in [0.1, 0.15) is 46.0 Å². The van der Waals surface area contributed by atoms with E-state index in [2.05, 4.69) is 21.6 Å². The summed E-state index contributed by atoms with van der Waals surface area (Å²) in [6.45, 7) is 5.35. The van der Waals surface area contributed by atoms with Crippen LogP contribution in [0.5, 0.6) is 0 Å². The average molecular weight is 375 g/mol. The predicted octanol–water partition coefficient (Wildman–Crippen LogP) is 4.05. The second-order valence-corrected chi connectivity index (χ2v) is 7.74. The number of thioether (sulfide) groups is 1. The largest absolute Gasteiger partial charge is 0.461 e. The van der Waals surface area contributed by atoms with Gasteiger partial charge in [0.2, 0.25) is 5.91 Å². The van der Waals surface area contributed by atoms with Crippen molar-refractivity contribution in [3.8, 4) is 11.6 Å².